The summed E-state index contributed by atoms with van der Waals surface area (Å²) in [6, 6.07) is 46.6. The van der Waals surface area contributed by atoms with Crippen LogP contribution in [0.2, 0.25) is 0 Å². The number of hydrogen-bond acceptors (Lipinski definition) is 16. The quantitative estimate of drug-likeness (QED) is 0.0303. The van der Waals surface area contributed by atoms with Gasteiger partial charge in [-0.15, -0.1) is 0 Å². The minimum atomic E-state index is -1.75. The van der Waals surface area contributed by atoms with Crippen molar-refractivity contribution >= 4 is 160 Å². The number of rotatable bonds is 8. The number of carbonyl (C=O) groups is 4. The van der Waals surface area contributed by atoms with Gasteiger partial charge in [-0.1, -0.05) is 0 Å². The van der Waals surface area contributed by atoms with Crippen LogP contribution >= 0.6 is 90.4 Å². The summed E-state index contributed by atoms with van der Waals surface area (Å²) in [7, 11) is 0. The molecule has 32 heteroatoms. The van der Waals surface area contributed by atoms with Crippen LogP contribution < -0.4 is 42.5 Å². The predicted octanol–water partition coefficient (Wildman–Crippen LogP) is 13.9. The molecule has 8 N–H and O–H groups in total. The first kappa shape index (κ1) is 78.4. The van der Waals surface area contributed by atoms with Crippen molar-refractivity contribution in [1.29, 1.82) is 10.5 Å². The normalized spacial score (nSPS) is 8.62. The van der Waals surface area contributed by atoms with Gasteiger partial charge in [-0.25, -0.2) is 19.2 Å². The molecule has 8 amide bonds. The summed E-state index contributed by atoms with van der Waals surface area (Å²) in [5.41, 5.74) is 5.89. The second kappa shape index (κ2) is 48.8. The Hall–Kier alpha value is -7.66. The third-order valence-corrected chi connectivity index (χ3v) is 11.0. The van der Waals surface area contributed by atoms with Gasteiger partial charge in [0.15, 0.2) is 0 Å². The molecule has 0 aliphatic rings. The van der Waals surface area contributed by atoms with Crippen LogP contribution in [0.1, 0.15) is 13.8 Å². The van der Waals surface area contributed by atoms with Gasteiger partial charge in [0.1, 0.15) is 0 Å². The smallest absolute Gasteiger partial charge is 0.356 e. The Morgan fingerprint density at radius 1 is 0.333 bits per heavy atom. The molecular formula is C52H46Ag2I4N16O10. The summed E-state index contributed by atoms with van der Waals surface area (Å²) in [4.78, 5) is 78.5. The third kappa shape index (κ3) is 43.1. The number of hydrogen-bond donors (Lipinski definition) is 8. The van der Waals surface area contributed by atoms with Gasteiger partial charge in [0.25, 0.3) is 0 Å². The second-order valence-corrected chi connectivity index (χ2v) is 19.2. The summed E-state index contributed by atoms with van der Waals surface area (Å²) < 4.78 is 4.51. The van der Waals surface area contributed by atoms with Crippen LogP contribution in [0, 0.1) is 67.6 Å². The Bertz CT molecular complexity index is 2810. The number of pyridine rings is 4. The van der Waals surface area contributed by atoms with Crippen molar-refractivity contribution in [1.82, 2.24) is 19.9 Å². The summed E-state index contributed by atoms with van der Waals surface area (Å²) in [6.45, 7) is 2.86. The van der Waals surface area contributed by atoms with E-state index in [1.165, 1.54) is 13.8 Å². The molecule has 0 aliphatic carbocycles. The van der Waals surface area contributed by atoms with Gasteiger partial charge < -0.3 is 73.2 Å². The monoisotopic (exact) mass is 1780 g/mol. The van der Waals surface area contributed by atoms with E-state index in [-0.39, 0.29) is 68.9 Å². The maximum Gasteiger partial charge on any atom is 1.00 e. The molecule has 0 atom stereocenters. The van der Waals surface area contributed by atoms with E-state index in [1.807, 2.05) is 97.1 Å². The molecule has 26 nitrogen and oxygen atoms in total. The fraction of sp³-hybridized carbons (Fsp3) is 0.0385. The molecule has 8 rings (SSSR count). The summed E-state index contributed by atoms with van der Waals surface area (Å²) >= 11 is 8.85. The molecular weight excluding hydrogens is 1730 g/mol. The van der Waals surface area contributed by atoms with E-state index in [4.69, 9.17) is 41.2 Å². The molecule has 0 bridgehead atoms. The number of halogens is 4. The Morgan fingerprint density at radius 2 is 0.440 bits per heavy atom. The van der Waals surface area contributed by atoms with Crippen LogP contribution in [-0.2, 0) is 44.8 Å². The first-order valence-electron chi connectivity index (χ1n) is 22.4. The summed E-state index contributed by atoms with van der Waals surface area (Å²) in [6.07, 6.45) is 13.0. The van der Waals surface area contributed by atoms with Crippen LogP contribution in [0.25, 0.3) is 0 Å². The third-order valence-electron chi connectivity index (χ3n) is 8.16. The molecule has 8 aromatic rings. The number of nitrogens with one attached hydrogen (secondary N) is 8. The molecule has 0 saturated carbocycles. The largest absolute Gasteiger partial charge is 1.00 e. The van der Waals surface area contributed by atoms with Crippen molar-refractivity contribution in [3.05, 3.63) is 240 Å². The molecule has 0 fully saturated rings. The minimum absolute atomic E-state index is 0. The maximum absolute atomic E-state index is 11.6. The number of amides is 8. The minimum Gasteiger partial charge on any atom is -0.356 e. The van der Waals surface area contributed by atoms with Crippen molar-refractivity contribution in [3.63, 3.8) is 0 Å². The summed E-state index contributed by atoms with van der Waals surface area (Å²) in [5.74, 6) is 0. The molecule has 444 valence electrons. The van der Waals surface area contributed by atoms with Gasteiger partial charge in [0, 0.05) is 123 Å². The zero-order chi connectivity index (χ0) is 60.9. The van der Waals surface area contributed by atoms with E-state index in [0.717, 1.165) is 37.0 Å². The predicted molar refractivity (Wildman–Crippen MR) is 347 cm³/mol. The Labute approximate surface area is 567 Å². The molecule has 4 aromatic heterocycles. The van der Waals surface area contributed by atoms with Crippen molar-refractivity contribution in [2.45, 2.75) is 13.8 Å². The standard InChI is InChI=1S/4C12H10IN3O.2C2H3N.2Ag.2NO3/c4*13-9-1-3-10(4-2-9)15-12(17)16-11-5-7-14-8-6-11;2*1-2-3;;;2*2-1(3)4/h4*1-8H,(H2,14,15,16,17);2*1H3;;;;/q;;;;;;2*+1;2*-1. The van der Waals surface area contributed by atoms with Gasteiger partial charge in [0.2, 0.25) is 0 Å². The number of urea groups is 4. The topological polar surface area (TPSA) is 396 Å². The Morgan fingerprint density at radius 3 is 0.560 bits per heavy atom. The fourth-order valence-electron chi connectivity index (χ4n) is 5.05. The maximum atomic E-state index is 11.6. The van der Waals surface area contributed by atoms with E-state index in [2.05, 4.69) is 153 Å². The van der Waals surface area contributed by atoms with E-state index in [9.17, 15) is 19.2 Å². The van der Waals surface area contributed by atoms with E-state index < -0.39 is 10.2 Å². The van der Waals surface area contributed by atoms with Crippen molar-refractivity contribution < 1.29 is 74.1 Å². The number of carbonyl (C=O) groups excluding carboxylic acids is 4. The van der Waals surface area contributed by atoms with E-state index in [0.29, 0.717) is 22.7 Å². The van der Waals surface area contributed by atoms with E-state index >= 15 is 0 Å². The zero-order valence-electron chi connectivity index (χ0n) is 43.3. The molecule has 4 aromatic carbocycles. The molecule has 0 spiro atoms. The first-order valence-corrected chi connectivity index (χ1v) is 26.8. The Balaban J connectivity index is 0. The average Bonchev–Trinajstić information content (AvgIpc) is 3.44. The molecule has 0 aliphatic heterocycles. The summed E-state index contributed by atoms with van der Waals surface area (Å²) in [5, 5.41) is 66.0. The van der Waals surface area contributed by atoms with E-state index in [1.54, 1.807) is 110 Å². The molecule has 0 radical (unpaired) electrons. The number of nitrogens with zero attached hydrogens (tertiary/aromatic N) is 8. The van der Waals surface area contributed by atoms with Crippen LogP contribution in [0.4, 0.5) is 64.7 Å². The molecule has 0 unspecified atom stereocenters. The SMILES string of the molecule is CC#N.CC#N.O=C(Nc1ccncc1)Nc1ccc(I)cc1.O=C(Nc1ccncc1)Nc1ccc(I)cc1.O=C(Nc1ccncc1)Nc1ccc(I)cc1.O=C(Nc1ccncc1)Nc1ccc(I)cc1.O=[N+]([O-])[O-].O=[N+]([O-])[O-].[Ag+].[Ag+]. The Kier molecular flexibility index (Phi) is 45.6. The van der Waals surface area contributed by atoms with Gasteiger partial charge in [-0.3, -0.25) is 19.9 Å². The molecule has 84 heavy (non-hydrogen) atoms. The van der Waals surface area contributed by atoms with Gasteiger partial charge in [-0.05, 0) is 236 Å². The van der Waals surface area contributed by atoms with Gasteiger partial charge >= 0.3 is 68.9 Å². The number of benzene rings is 4. The fourth-order valence-corrected chi connectivity index (χ4v) is 6.49. The number of nitriles is 2. The number of anilines is 8. The van der Waals surface area contributed by atoms with Crippen molar-refractivity contribution in [2.24, 2.45) is 0 Å². The van der Waals surface area contributed by atoms with Crippen LogP contribution in [0.3, 0.4) is 0 Å². The zero-order valence-corrected chi connectivity index (χ0v) is 54.8. The van der Waals surface area contributed by atoms with Crippen LogP contribution in [0.5, 0.6) is 0 Å². The van der Waals surface area contributed by atoms with Crippen molar-refractivity contribution in [3.8, 4) is 12.1 Å². The molecule has 4 heterocycles. The van der Waals surface area contributed by atoms with Gasteiger partial charge in [0.05, 0.1) is 22.3 Å². The van der Waals surface area contributed by atoms with Crippen LogP contribution in [0.15, 0.2) is 195 Å². The second-order valence-electron chi connectivity index (χ2n) is 14.2. The average molecular weight is 1780 g/mol. The first-order chi connectivity index (χ1) is 39.2. The van der Waals surface area contributed by atoms with Crippen molar-refractivity contribution in [2.75, 3.05) is 42.5 Å². The van der Waals surface area contributed by atoms with Crippen LogP contribution in [-0.4, -0.2) is 54.2 Å². The number of aromatic nitrogens is 4. The molecule has 0 saturated heterocycles. The van der Waals surface area contributed by atoms with Gasteiger partial charge in [-0.2, -0.15) is 10.5 Å².